The van der Waals surface area contributed by atoms with Crippen molar-refractivity contribution in [3.63, 3.8) is 0 Å². The molecule has 0 amide bonds. The van der Waals surface area contributed by atoms with E-state index in [4.69, 9.17) is 5.11 Å². The lowest BCUT2D eigenvalue weighted by Gasteiger charge is -2.09. The fourth-order valence-corrected chi connectivity index (χ4v) is 1.03. The van der Waals surface area contributed by atoms with Crippen LogP contribution >= 0.6 is 0 Å². The lowest BCUT2D eigenvalue weighted by Crippen LogP contribution is -2.17. The third kappa shape index (κ3) is 1.38. The van der Waals surface area contributed by atoms with Crippen molar-refractivity contribution < 1.29 is 23.1 Å². The molecule has 2 nitrogen and oxygen atoms in total. The lowest BCUT2D eigenvalue weighted by molar-refractivity contribution is -0.151. The lowest BCUT2D eigenvalue weighted by atomic mass is 10.1. The molecule has 1 aliphatic carbocycles. The van der Waals surface area contributed by atoms with E-state index in [1.54, 1.807) is 0 Å². The van der Waals surface area contributed by atoms with E-state index in [1.165, 1.54) is 0 Å². The maximum absolute atomic E-state index is 11.7. The SMILES string of the molecule is CC1(CC(F)(F)F)C(=O)C1O. The quantitative estimate of drug-likeness (QED) is 0.631. The minimum atomic E-state index is -4.37. The van der Waals surface area contributed by atoms with Crippen molar-refractivity contribution in [2.75, 3.05) is 0 Å². The molecular formula is C6H7F3O2. The van der Waals surface area contributed by atoms with Gasteiger partial charge < -0.3 is 5.11 Å². The summed E-state index contributed by atoms with van der Waals surface area (Å²) in [4.78, 5) is 10.5. The minimum Gasteiger partial charge on any atom is -0.384 e. The van der Waals surface area contributed by atoms with Crippen LogP contribution in [0.4, 0.5) is 13.2 Å². The number of hydrogen-bond acceptors (Lipinski definition) is 2. The summed E-state index contributed by atoms with van der Waals surface area (Å²) in [7, 11) is 0. The number of carbonyl (C=O) groups is 1. The van der Waals surface area contributed by atoms with Crippen LogP contribution in [0.15, 0.2) is 0 Å². The van der Waals surface area contributed by atoms with Crippen molar-refractivity contribution in [1.82, 2.24) is 0 Å². The second-order valence-electron chi connectivity index (χ2n) is 2.98. The van der Waals surface area contributed by atoms with Gasteiger partial charge in [0.25, 0.3) is 0 Å². The molecule has 1 N–H and O–H groups in total. The molecule has 1 fully saturated rings. The summed E-state index contributed by atoms with van der Waals surface area (Å²) >= 11 is 0. The van der Waals surface area contributed by atoms with E-state index in [1.807, 2.05) is 0 Å². The van der Waals surface area contributed by atoms with Crippen LogP contribution in [0.3, 0.4) is 0 Å². The molecule has 2 unspecified atom stereocenters. The Labute approximate surface area is 61.0 Å². The predicted octanol–water partition coefficient (Wildman–Crippen LogP) is 0.889. The van der Waals surface area contributed by atoms with Crippen LogP contribution in [0.1, 0.15) is 13.3 Å². The monoisotopic (exact) mass is 168 g/mol. The summed E-state index contributed by atoms with van der Waals surface area (Å²) in [5.41, 5.74) is -1.56. The van der Waals surface area contributed by atoms with Crippen molar-refractivity contribution in [2.45, 2.75) is 25.6 Å². The van der Waals surface area contributed by atoms with Gasteiger partial charge in [-0.15, -0.1) is 0 Å². The molecule has 0 aromatic carbocycles. The van der Waals surface area contributed by atoms with Crippen LogP contribution in [0, 0.1) is 5.41 Å². The van der Waals surface area contributed by atoms with E-state index < -0.39 is 29.9 Å². The van der Waals surface area contributed by atoms with E-state index in [0.29, 0.717) is 0 Å². The number of alkyl halides is 3. The fraction of sp³-hybridized carbons (Fsp3) is 0.833. The molecule has 11 heavy (non-hydrogen) atoms. The topological polar surface area (TPSA) is 37.3 Å². The average Bonchev–Trinajstić information content (AvgIpc) is 2.15. The maximum Gasteiger partial charge on any atom is 0.390 e. The number of hydrogen-bond donors (Lipinski definition) is 1. The zero-order chi connectivity index (χ0) is 8.86. The molecule has 0 bridgehead atoms. The van der Waals surface area contributed by atoms with Gasteiger partial charge in [-0.05, 0) is 6.92 Å². The molecule has 2 atom stereocenters. The number of aliphatic hydroxyl groups excluding tert-OH is 1. The summed E-state index contributed by atoms with van der Waals surface area (Å²) < 4.78 is 35.0. The standard InChI is InChI=1S/C6H7F3O2/c1-5(2-6(7,8)9)3(10)4(5)11/h3,10H,2H2,1H3. The fourth-order valence-electron chi connectivity index (χ4n) is 1.03. The number of Topliss-reactive ketones (excluding diaryl/α,β-unsaturated/α-hetero) is 1. The van der Waals surface area contributed by atoms with Crippen LogP contribution in [0.5, 0.6) is 0 Å². The highest BCUT2D eigenvalue weighted by atomic mass is 19.4. The van der Waals surface area contributed by atoms with E-state index in [0.717, 1.165) is 6.92 Å². The van der Waals surface area contributed by atoms with Crippen molar-refractivity contribution in [1.29, 1.82) is 0 Å². The molecule has 5 heteroatoms. The van der Waals surface area contributed by atoms with Gasteiger partial charge >= 0.3 is 6.18 Å². The zero-order valence-corrected chi connectivity index (χ0v) is 5.77. The van der Waals surface area contributed by atoms with Gasteiger partial charge in [0.1, 0.15) is 6.10 Å². The first kappa shape index (κ1) is 8.52. The summed E-state index contributed by atoms with van der Waals surface area (Å²) in [6, 6.07) is 0. The van der Waals surface area contributed by atoms with Gasteiger partial charge in [-0.1, -0.05) is 0 Å². The molecule has 0 radical (unpaired) electrons. The highest BCUT2D eigenvalue weighted by molar-refractivity contribution is 6.05. The molecule has 0 heterocycles. The Bertz CT molecular complexity index is 198. The number of halogens is 3. The van der Waals surface area contributed by atoms with E-state index in [2.05, 4.69) is 0 Å². The number of carbonyl (C=O) groups excluding carboxylic acids is 1. The smallest absolute Gasteiger partial charge is 0.384 e. The summed E-state index contributed by atoms with van der Waals surface area (Å²) in [6.45, 7) is 1.12. The molecule has 64 valence electrons. The van der Waals surface area contributed by atoms with Crippen LogP contribution in [0.2, 0.25) is 0 Å². The Morgan fingerprint density at radius 1 is 1.64 bits per heavy atom. The Hall–Kier alpha value is -0.580. The average molecular weight is 168 g/mol. The summed E-state index contributed by atoms with van der Waals surface area (Å²) in [5.74, 6) is -0.713. The third-order valence-corrected chi connectivity index (χ3v) is 1.90. The first-order valence-electron chi connectivity index (χ1n) is 3.06. The van der Waals surface area contributed by atoms with Crippen LogP contribution in [-0.4, -0.2) is 23.2 Å². The van der Waals surface area contributed by atoms with E-state index in [-0.39, 0.29) is 0 Å². The molecule has 0 aromatic rings. The minimum absolute atomic E-state index is 0.713. The molecule has 1 aliphatic rings. The van der Waals surface area contributed by atoms with Gasteiger partial charge in [0.15, 0.2) is 5.78 Å². The predicted molar refractivity (Wildman–Crippen MR) is 29.8 cm³/mol. The van der Waals surface area contributed by atoms with Gasteiger partial charge in [0.05, 0.1) is 11.8 Å². The zero-order valence-electron chi connectivity index (χ0n) is 5.77. The normalized spacial score (nSPS) is 37.5. The second kappa shape index (κ2) is 1.97. The van der Waals surface area contributed by atoms with E-state index >= 15 is 0 Å². The number of aliphatic hydroxyl groups is 1. The largest absolute Gasteiger partial charge is 0.390 e. The first-order valence-corrected chi connectivity index (χ1v) is 3.06. The van der Waals surface area contributed by atoms with Crippen molar-refractivity contribution >= 4 is 5.78 Å². The van der Waals surface area contributed by atoms with Crippen molar-refractivity contribution in [3.05, 3.63) is 0 Å². The van der Waals surface area contributed by atoms with Crippen LogP contribution < -0.4 is 0 Å². The van der Waals surface area contributed by atoms with Crippen molar-refractivity contribution in [3.8, 4) is 0 Å². The third-order valence-electron chi connectivity index (χ3n) is 1.90. The Morgan fingerprint density at radius 2 is 2.00 bits per heavy atom. The van der Waals surface area contributed by atoms with Crippen molar-refractivity contribution in [2.24, 2.45) is 5.41 Å². The van der Waals surface area contributed by atoms with Gasteiger partial charge in [0, 0.05) is 0 Å². The molecule has 0 saturated heterocycles. The summed E-state index contributed by atoms with van der Waals surface area (Å²) in [6.07, 6.45) is -7.01. The van der Waals surface area contributed by atoms with Gasteiger partial charge in [-0.2, -0.15) is 13.2 Å². The van der Waals surface area contributed by atoms with Gasteiger partial charge in [-0.25, -0.2) is 0 Å². The molecule has 0 spiro atoms. The Kier molecular flexibility index (Phi) is 1.52. The Morgan fingerprint density at radius 3 is 2.09 bits per heavy atom. The van der Waals surface area contributed by atoms with Gasteiger partial charge in [-0.3, -0.25) is 4.79 Å². The maximum atomic E-state index is 11.7. The summed E-state index contributed by atoms with van der Waals surface area (Å²) in [5, 5.41) is 8.67. The highest BCUT2D eigenvalue weighted by Crippen LogP contribution is 2.48. The molecule has 1 saturated carbocycles. The van der Waals surface area contributed by atoms with Crippen LogP contribution in [-0.2, 0) is 4.79 Å². The molecule has 0 aliphatic heterocycles. The number of ketones is 1. The molecule has 0 aromatic heterocycles. The number of rotatable bonds is 1. The Balaban J connectivity index is 2.59. The molecule has 1 rings (SSSR count). The molecular weight excluding hydrogens is 161 g/mol. The highest BCUT2D eigenvalue weighted by Gasteiger charge is 2.64. The van der Waals surface area contributed by atoms with Crippen LogP contribution in [0.25, 0.3) is 0 Å². The first-order chi connectivity index (χ1) is 4.77. The van der Waals surface area contributed by atoms with Gasteiger partial charge in [0.2, 0.25) is 0 Å². The second-order valence-corrected chi connectivity index (χ2v) is 2.98. The van der Waals surface area contributed by atoms with E-state index in [9.17, 15) is 18.0 Å².